The molecule has 0 aromatic rings. The van der Waals surface area contributed by atoms with Crippen molar-refractivity contribution in [2.45, 2.75) is 56.7 Å². The number of nitrogens with two attached hydrogens (primary N) is 1. The highest BCUT2D eigenvalue weighted by Crippen LogP contribution is 2.31. The first-order chi connectivity index (χ1) is 8.69. The number of likely N-dealkylation sites (tertiary alicyclic amines) is 1. The van der Waals surface area contributed by atoms with E-state index in [1.165, 1.54) is 0 Å². The normalized spacial score (nSPS) is 30.1. The molecule has 4 nitrogen and oxygen atoms in total. The fourth-order valence-electron chi connectivity index (χ4n) is 3.20. The van der Waals surface area contributed by atoms with E-state index >= 15 is 0 Å². The molecule has 1 heterocycles. The second-order valence-electron chi connectivity index (χ2n) is 5.34. The van der Waals surface area contributed by atoms with Crippen LogP contribution in [0.3, 0.4) is 0 Å². The van der Waals surface area contributed by atoms with Crippen LogP contribution in [-0.4, -0.2) is 28.9 Å². The van der Waals surface area contributed by atoms with Crippen molar-refractivity contribution in [2.75, 3.05) is 0 Å². The summed E-state index contributed by atoms with van der Waals surface area (Å²) in [6, 6.07) is 1.42. The summed E-state index contributed by atoms with van der Waals surface area (Å²) < 4.78 is 0. The molecule has 1 saturated carbocycles. The molecule has 1 saturated heterocycles. The van der Waals surface area contributed by atoms with Crippen molar-refractivity contribution in [1.29, 1.82) is 5.26 Å². The minimum atomic E-state index is -0.441. The third-order valence-corrected chi connectivity index (χ3v) is 4.30. The maximum absolute atomic E-state index is 12.5. The van der Waals surface area contributed by atoms with Gasteiger partial charge in [-0.15, -0.1) is 6.58 Å². The van der Waals surface area contributed by atoms with Gasteiger partial charge in [0.05, 0.1) is 18.2 Å². The summed E-state index contributed by atoms with van der Waals surface area (Å²) in [6.45, 7) is 3.76. The highest BCUT2D eigenvalue weighted by molar-refractivity contribution is 5.83. The molecule has 0 unspecified atom stereocenters. The summed E-state index contributed by atoms with van der Waals surface area (Å²) in [7, 11) is 0. The topological polar surface area (TPSA) is 70.1 Å². The first-order valence-electron chi connectivity index (χ1n) is 6.79. The van der Waals surface area contributed by atoms with E-state index in [0.29, 0.717) is 5.92 Å². The van der Waals surface area contributed by atoms with Crippen LogP contribution in [0.4, 0.5) is 0 Å². The van der Waals surface area contributed by atoms with Gasteiger partial charge in [0.25, 0.3) is 0 Å². The van der Waals surface area contributed by atoms with Crippen molar-refractivity contribution in [2.24, 2.45) is 11.7 Å². The molecule has 2 N–H and O–H groups in total. The Morgan fingerprint density at radius 2 is 2.06 bits per heavy atom. The summed E-state index contributed by atoms with van der Waals surface area (Å²) in [6.07, 6.45) is 7.72. The second kappa shape index (κ2) is 5.53. The number of nitrogens with zero attached hydrogens (tertiary/aromatic N) is 2. The molecule has 1 aliphatic heterocycles. The summed E-state index contributed by atoms with van der Waals surface area (Å²) >= 11 is 0. The Bertz CT molecular complexity index is 368. The lowest BCUT2D eigenvalue weighted by atomic mass is 9.97. The van der Waals surface area contributed by atoms with Gasteiger partial charge in [0.15, 0.2) is 0 Å². The summed E-state index contributed by atoms with van der Waals surface area (Å²) in [5, 5.41) is 9.13. The smallest absolute Gasteiger partial charge is 0.241 e. The van der Waals surface area contributed by atoms with Crippen LogP contribution in [0.5, 0.6) is 0 Å². The van der Waals surface area contributed by atoms with Gasteiger partial charge in [0, 0.05) is 0 Å². The molecule has 0 bridgehead atoms. The van der Waals surface area contributed by atoms with E-state index in [9.17, 15) is 4.79 Å². The van der Waals surface area contributed by atoms with E-state index in [4.69, 9.17) is 11.0 Å². The molecular weight excluding hydrogens is 226 g/mol. The number of hydrogen-bond donors (Lipinski definition) is 1. The van der Waals surface area contributed by atoms with Crippen molar-refractivity contribution in [3.05, 3.63) is 12.7 Å². The molecule has 0 spiro atoms. The molecule has 0 aromatic carbocycles. The van der Waals surface area contributed by atoms with Crippen molar-refractivity contribution >= 4 is 5.91 Å². The predicted molar refractivity (Wildman–Crippen MR) is 69.4 cm³/mol. The number of carbonyl (C=O) groups is 1. The average Bonchev–Trinajstić information content (AvgIpc) is 3.05. The minimum Gasteiger partial charge on any atom is -0.320 e. The minimum absolute atomic E-state index is 0.0189. The highest BCUT2D eigenvalue weighted by Gasteiger charge is 2.39. The van der Waals surface area contributed by atoms with Gasteiger partial charge in [0.2, 0.25) is 5.91 Å². The number of hydrogen-bond acceptors (Lipinski definition) is 3. The molecule has 0 radical (unpaired) electrons. The fraction of sp³-hybridized carbons (Fsp3) is 0.714. The summed E-state index contributed by atoms with van der Waals surface area (Å²) in [5.41, 5.74) is 6.10. The van der Waals surface area contributed by atoms with Crippen LogP contribution in [-0.2, 0) is 4.79 Å². The quantitative estimate of drug-likeness (QED) is 0.770. The van der Waals surface area contributed by atoms with E-state index < -0.39 is 6.04 Å². The lowest BCUT2D eigenvalue weighted by Gasteiger charge is -2.30. The van der Waals surface area contributed by atoms with Crippen molar-refractivity contribution in [3.63, 3.8) is 0 Å². The van der Waals surface area contributed by atoms with Gasteiger partial charge in [0.1, 0.15) is 6.04 Å². The zero-order valence-electron chi connectivity index (χ0n) is 10.7. The number of nitriles is 1. The second-order valence-corrected chi connectivity index (χ2v) is 5.34. The van der Waals surface area contributed by atoms with Crippen molar-refractivity contribution < 1.29 is 4.79 Å². The van der Waals surface area contributed by atoms with Gasteiger partial charge >= 0.3 is 0 Å². The molecule has 0 aromatic heterocycles. The molecule has 4 heteroatoms. The molecule has 1 amide bonds. The SMILES string of the molecule is C=C[C@H]1CC[C@@H](C#N)N1C(=O)[C@@H](N)C1CCCC1. The zero-order chi connectivity index (χ0) is 13.1. The summed E-state index contributed by atoms with van der Waals surface area (Å²) in [5.74, 6) is 0.235. The van der Waals surface area contributed by atoms with Gasteiger partial charge in [-0.25, -0.2) is 0 Å². The lowest BCUT2D eigenvalue weighted by Crippen LogP contribution is -2.51. The molecule has 18 heavy (non-hydrogen) atoms. The van der Waals surface area contributed by atoms with Crippen LogP contribution < -0.4 is 5.73 Å². The van der Waals surface area contributed by atoms with Gasteiger partial charge in [-0.2, -0.15) is 5.26 Å². The standard InChI is InChI=1S/C14H21N3O/c1-2-11-7-8-12(9-15)17(11)14(18)13(16)10-5-3-4-6-10/h2,10-13H,1,3-8,16H2/t11-,12-,13-/m0/s1. The Hall–Kier alpha value is -1.34. The molecule has 2 fully saturated rings. The molecular formula is C14H21N3O. The third-order valence-electron chi connectivity index (χ3n) is 4.30. The van der Waals surface area contributed by atoms with E-state index in [0.717, 1.165) is 38.5 Å². The maximum Gasteiger partial charge on any atom is 0.241 e. The number of carbonyl (C=O) groups excluding carboxylic acids is 1. The van der Waals surface area contributed by atoms with E-state index in [2.05, 4.69) is 12.6 Å². The number of amides is 1. The Morgan fingerprint density at radius 1 is 1.39 bits per heavy atom. The Morgan fingerprint density at radius 3 is 2.61 bits per heavy atom. The Balaban J connectivity index is 2.10. The first-order valence-corrected chi connectivity index (χ1v) is 6.79. The molecule has 2 rings (SSSR count). The van der Waals surface area contributed by atoms with Gasteiger partial charge in [-0.3, -0.25) is 4.79 Å². The molecule has 98 valence electrons. The molecule has 2 aliphatic rings. The zero-order valence-corrected chi connectivity index (χ0v) is 10.7. The van der Waals surface area contributed by atoms with E-state index in [-0.39, 0.29) is 18.0 Å². The predicted octanol–water partition coefficient (Wildman–Crippen LogP) is 1.57. The van der Waals surface area contributed by atoms with Crippen LogP contribution in [0, 0.1) is 17.2 Å². The van der Waals surface area contributed by atoms with Crippen LogP contribution in [0.15, 0.2) is 12.7 Å². The van der Waals surface area contributed by atoms with Crippen molar-refractivity contribution in [1.82, 2.24) is 4.90 Å². The Labute approximate surface area is 108 Å². The fourth-order valence-corrected chi connectivity index (χ4v) is 3.20. The first kappa shape index (κ1) is 13.1. The van der Waals surface area contributed by atoms with E-state index in [1.807, 2.05) is 0 Å². The monoisotopic (exact) mass is 247 g/mol. The van der Waals surface area contributed by atoms with Crippen LogP contribution in [0.2, 0.25) is 0 Å². The highest BCUT2D eigenvalue weighted by atomic mass is 16.2. The molecule has 3 atom stereocenters. The van der Waals surface area contributed by atoms with Crippen LogP contribution in [0.25, 0.3) is 0 Å². The summed E-state index contributed by atoms with van der Waals surface area (Å²) in [4.78, 5) is 14.1. The van der Waals surface area contributed by atoms with Gasteiger partial charge in [-0.1, -0.05) is 18.9 Å². The number of rotatable bonds is 3. The largest absolute Gasteiger partial charge is 0.320 e. The maximum atomic E-state index is 12.5. The van der Waals surface area contributed by atoms with Crippen LogP contribution >= 0.6 is 0 Å². The van der Waals surface area contributed by atoms with Gasteiger partial charge in [-0.05, 0) is 31.6 Å². The van der Waals surface area contributed by atoms with E-state index in [1.54, 1.807) is 11.0 Å². The molecule has 1 aliphatic carbocycles. The Kier molecular flexibility index (Phi) is 4.03. The van der Waals surface area contributed by atoms with Gasteiger partial charge < -0.3 is 10.6 Å². The average molecular weight is 247 g/mol. The lowest BCUT2D eigenvalue weighted by molar-refractivity contribution is -0.135. The van der Waals surface area contributed by atoms with Crippen LogP contribution in [0.1, 0.15) is 38.5 Å². The van der Waals surface area contributed by atoms with Crippen molar-refractivity contribution in [3.8, 4) is 6.07 Å². The third kappa shape index (κ3) is 2.28.